The van der Waals surface area contributed by atoms with E-state index in [4.69, 9.17) is 9.84 Å². The summed E-state index contributed by atoms with van der Waals surface area (Å²) in [5.41, 5.74) is -0.949. The molecular formula is C10H15NO4. The second kappa shape index (κ2) is 3.81. The summed E-state index contributed by atoms with van der Waals surface area (Å²) in [6, 6.07) is 0. The predicted molar refractivity (Wildman–Crippen MR) is 51.3 cm³/mol. The summed E-state index contributed by atoms with van der Waals surface area (Å²) in [7, 11) is 0. The predicted octanol–water partition coefficient (Wildman–Crippen LogP) is 0.146. The first kappa shape index (κ1) is 10.4. The molecule has 5 heteroatoms. The molecule has 84 valence electrons. The maximum atomic E-state index is 11.7. The van der Waals surface area contributed by atoms with Gasteiger partial charge in [0.1, 0.15) is 5.54 Å². The van der Waals surface area contributed by atoms with E-state index < -0.39 is 11.5 Å². The van der Waals surface area contributed by atoms with Crippen molar-refractivity contribution in [1.29, 1.82) is 0 Å². The van der Waals surface area contributed by atoms with Gasteiger partial charge in [-0.1, -0.05) is 0 Å². The molecule has 2 N–H and O–H groups in total. The highest BCUT2D eigenvalue weighted by molar-refractivity contribution is 5.90. The molecular weight excluding hydrogens is 198 g/mol. The molecule has 0 aromatic heterocycles. The van der Waals surface area contributed by atoms with Gasteiger partial charge in [-0.3, -0.25) is 4.79 Å². The standard InChI is InChI=1S/C10H15NO4/c12-8(7-1-5-15-6-2-7)11-10(3-4-10)9(13)14/h7H,1-6H2,(H,11,12)(H,13,14). The number of hydrogen-bond acceptors (Lipinski definition) is 3. The van der Waals surface area contributed by atoms with Crippen molar-refractivity contribution in [3.8, 4) is 0 Å². The van der Waals surface area contributed by atoms with Gasteiger partial charge in [0, 0.05) is 19.1 Å². The Balaban J connectivity index is 1.89. The van der Waals surface area contributed by atoms with E-state index in [1.165, 1.54) is 0 Å². The Morgan fingerprint density at radius 3 is 2.33 bits per heavy atom. The number of carbonyl (C=O) groups excluding carboxylic acids is 1. The fraction of sp³-hybridized carbons (Fsp3) is 0.800. The van der Waals surface area contributed by atoms with Gasteiger partial charge in [-0.05, 0) is 25.7 Å². The lowest BCUT2D eigenvalue weighted by Crippen LogP contribution is -2.46. The van der Waals surface area contributed by atoms with E-state index in [-0.39, 0.29) is 11.8 Å². The molecule has 5 nitrogen and oxygen atoms in total. The van der Waals surface area contributed by atoms with Crippen molar-refractivity contribution in [1.82, 2.24) is 5.32 Å². The SMILES string of the molecule is O=C(NC1(C(=O)O)CC1)C1CCOCC1. The first-order chi connectivity index (χ1) is 7.14. The number of hydrogen-bond donors (Lipinski definition) is 2. The summed E-state index contributed by atoms with van der Waals surface area (Å²) in [6.07, 6.45) is 2.50. The zero-order valence-electron chi connectivity index (χ0n) is 8.49. The van der Waals surface area contributed by atoms with Gasteiger partial charge in [-0.15, -0.1) is 0 Å². The van der Waals surface area contributed by atoms with Gasteiger partial charge in [-0.25, -0.2) is 4.79 Å². The Hall–Kier alpha value is -1.10. The van der Waals surface area contributed by atoms with E-state index in [2.05, 4.69) is 5.32 Å². The number of carboxylic acid groups (broad SMARTS) is 1. The molecule has 15 heavy (non-hydrogen) atoms. The fourth-order valence-electron chi connectivity index (χ4n) is 1.81. The molecule has 1 aliphatic heterocycles. The zero-order valence-corrected chi connectivity index (χ0v) is 8.49. The number of ether oxygens (including phenoxy) is 1. The number of amides is 1. The van der Waals surface area contributed by atoms with Gasteiger partial charge in [0.2, 0.25) is 5.91 Å². The number of carbonyl (C=O) groups is 2. The van der Waals surface area contributed by atoms with Gasteiger partial charge in [-0.2, -0.15) is 0 Å². The first-order valence-corrected chi connectivity index (χ1v) is 5.27. The van der Waals surface area contributed by atoms with Crippen LogP contribution in [0.1, 0.15) is 25.7 Å². The van der Waals surface area contributed by atoms with Crippen LogP contribution in [0.2, 0.25) is 0 Å². The molecule has 1 heterocycles. The molecule has 0 atom stereocenters. The molecule has 0 aromatic rings. The highest BCUT2D eigenvalue weighted by Gasteiger charge is 2.52. The van der Waals surface area contributed by atoms with Crippen molar-refractivity contribution >= 4 is 11.9 Å². The third-order valence-electron chi connectivity index (χ3n) is 3.11. The van der Waals surface area contributed by atoms with E-state index in [0.29, 0.717) is 38.9 Å². The maximum Gasteiger partial charge on any atom is 0.329 e. The van der Waals surface area contributed by atoms with E-state index in [9.17, 15) is 9.59 Å². The normalized spacial score (nSPS) is 24.5. The van der Waals surface area contributed by atoms with Gasteiger partial charge in [0.15, 0.2) is 0 Å². The fourth-order valence-corrected chi connectivity index (χ4v) is 1.81. The lowest BCUT2D eigenvalue weighted by molar-refractivity contribution is -0.144. The van der Waals surface area contributed by atoms with Crippen LogP contribution in [0.5, 0.6) is 0 Å². The van der Waals surface area contributed by atoms with Crippen LogP contribution in [0.4, 0.5) is 0 Å². The van der Waals surface area contributed by atoms with Crippen LogP contribution >= 0.6 is 0 Å². The van der Waals surface area contributed by atoms with Crippen LogP contribution < -0.4 is 5.32 Å². The minimum Gasteiger partial charge on any atom is -0.480 e. The number of carboxylic acids is 1. The molecule has 1 saturated heterocycles. The van der Waals surface area contributed by atoms with E-state index in [0.717, 1.165) is 0 Å². The highest BCUT2D eigenvalue weighted by Crippen LogP contribution is 2.36. The number of aliphatic carboxylic acids is 1. The average Bonchev–Trinajstić information content (AvgIpc) is 3.00. The Morgan fingerprint density at radius 1 is 1.27 bits per heavy atom. The van der Waals surface area contributed by atoms with E-state index in [1.807, 2.05) is 0 Å². The summed E-state index contributed by atoms with van der Waals surface area (Å²) < 4.78 is 5.15. The van der Waals surface area contributed by atoms with Crippen molar-refractivity contribution in [2.45, 2.75) is 31.2 Å². The third-order valence-corrected chi connectivity index (χ3v) is 3.11. The highest BCUT2D eigenvalue weighted by atomic mass is 16.5. The summed E-state index contributed by atoms with van der Waals surface area (Å²) in [4.78, 5) is 22.6. The van der Waals surface area contributed by atoms with Gasteiger partial charge in [0.25, 0.3) is 0 Å². The minimum absolute atomic E-state index is 0.0735. The minimum atomic E-state index is -0.949. The van der Waals surface area contributed by atoms with Gasteiger partial charge >= 0.3 is 5.97 Å². The second-order valence-corrected chi connectivity index (χ2v) is 4.26. The monoisotopic (exact) mass is 213 g/mol. The summed E-state index contributed by atoms with van der Waals surface area (Å²) in [5.74, 6) is -1.11. The van der Waals surface area contributed by atoms with Gasteiger partial charge in [0.05, 0.1) is 0 Å². The van der Waals surface area contributed by atoms with Crippen LogP contribution in [-0.2, 0) is 14.3 Å². The zero-order chi connectivity index (χ0) is 10.9. The Labute approximate surface area is 87.8 Å². The molecule has 1 aliphatic carbocycles. The third kappa shape index (κ3) is 2.12. The largest absolute Gasteiger partial charge is 0.480 e. The molecule has 2 fully saturated rings. The van der Waals surface area contributed by atoms with Crippen LogP contribution in [0, 0.1) is 5.92 Å². The summed E-state index contributed by atoms with van der Waals surface area (Å²) in [5, 5.41) is 11.6. The molecule has 1 amide bonds. The molecule has 0 spiro atoms. The number of rotatable bonds is 3. The Kier molecular flexibility index (Phi) is 2.65. The maximum absolute atomic E-state index is 11.7. The van der Waals surface area contributed by atoms with Crippen LogP contribution in [0.15, 0.2) is 0 Å². The second-order valence-electron chi connectivity index (χ2n) is 4.26. The summed E-state index contributed by atoms with van der Waals surface area (Å²) in [6.45, 7) is 1.19. The Bertz CT molecular complexity index is 279. The quantitative estimate of drug-likeness (QED) is 0.699. The van der Waals surface area contributed by atoms with E-state index >= 15 is 0 Å². The molecule has 0 unspecified atom stereocenters. The number of nitrogens with one attached hydrogen (secondary N) is 1. The molecule has 0 aromatic carbocycles. The molecule has 1 saturated carbocycles. The molecule has 2 aliphatic rings. The van der Waals surface area contributed by atoms with Crippen LogP contribution in [0.25, 0.3) is 0 Å². The average molecular weight is 213 g/mol. The van der Waals surface area contributed by atoms with Gasteiger partial charge < -0.3 is 15.2 Å². The van der Waals surface area contributed by atoms with Crippen molar-refractivity contribution in [3.05, 3.63) is 0 Å². The Morgan fingerprint density at radius 2 is 1.87 bits per heavy atom. The van der Waals surface area contributed by atoms with Crippen molar-refractivity contribution < 1.29 is 19.4 Å². The smallest absolute Gasteiger partial charge is 0.329 e. The van der Waals surface area contributed by atoms with Crippen LogP contribution in [-0.4, -0.2) is 35.7 Å². The van der Waals surface area contributed by atoms with E-state index in [1.54, 1.807) is 0 Å². The van der Waals surface area contributed by atoms with Crippen LogP contribution in [0.3, 0.4) is 0 Å². The van der Waals surface area contributed by atoms with Crippen molar-refractivity contribution in [2.24, 2.45) is 5.92 Å². The van der Waals surface area contributed by atoms with Crippen molar-refractivity contribution in [3.63, 3.8) is 0 Å². The van der Waals surface area contributed by atoms with Crippen molar-refractivity contribution in [2.75, 3.05) is 13.2 Å². The topological polar surface area (TPSA) is 75.6 Å². The molecule has 2 rings (SSSR count). The molecule has 0 bridgehead atoms. The lowest BCUT2D eigenvalue weighted by Gasteiger charge is -2.23. The lowest BCUT2D eigenvalue weighted by atomic mass is 9.99. The summed E-state index contributed by atoms with van der Waals surface area (Å²) >= 11 is 0. The molecule has 0 radical (unpaired) electrons. The first-order valence-electron chi connectivity index (χ1n) is 5.27.